The molecule has 0 rings (SSSR count). The fraction of sp³-hybridized carbons (Fsp3) is 0.900. The highest BCUT2D eigenvalue weighted by Crippen LogP contribution is 2.32. The van der Waals surface area contributed by atoms with Crippen LogP contribution in [0.4, 0.5) is 4.79 Å². The Morgan fingerprint density at radius 1 is 1.21 bits per heavy atom. The molecule has 0 radical (unpaired) electrons. The predicted molar refractivity (Wildman–Crippen MR) is 55.3 cm³/mol. The molecule has 0 atom stereocenters. The van der Waals surface area contributed by atoms with Gasteiger partial charge in [-0.05, 0) is 17.3 Å². The zero-order chi connectivity index (χ0) is 11.4. The van der Waals surface area contributed by atoms with Crippen LogP contribution in [0.3, 0.4) is 0 Å². The lowest BCUT2D eigenvalue weighted by molar-refractivity contribution is 0.101. The Balaban J connectivity index is 4.12. The Kier molecular flexibility index (Phi) is 4.39. The molecular weight excluding hydrogens is 182 g/mol. The molecule has 4 heteroatoms. The molecule has 0 aliphatic heterocycles. The minimum atomic E-state index is -1.00. The third-order valence-corrected chi connectivity index (χ3v) is 2.10. The van der Waals surface area contributed by atoms with Crippen molar-refractivity contribution in [3.8, 4) is 0 Å². The van der Waals surface area contributed by atoms with Crippen LogP contribution in [0.2, 0.25) is 0 Å². The number of hydrogen-bond acceptors (Lipinski definition) is 2. The van der Waals surface area contributed by atoms with Crippen molar-refractivity contribution in [1.29, 1.82) is 0 Å². The van der Waals surface area contributed by atoms with Gasteiger partial charge in [0, 0.05) is 13.2 Å². The van der Waals surface area contributed by atoms with Gasteiger partial charge in [-0.2, -0.15) is 0 Å². The van der Waals surface area contributed by atoms with E-state index in [2.05, 4.69) is 5.32 Å². The van der Waals surface area contributed by atoms with Gasteiger partial charge in [0.1, 0.15) is 0 Å². The second-order valence-electron chi connectivity index (χ2n) is 5.32. The number of hydrogen-bond donors (Lipinski definition) is 3. The molecule has 0 heterocycles. The Morgan fingerprint density at radius 3 is 2.07 bits per heavy atom. The number of amides is 1. The molecule has 0 saturated heterocycles. The monoisotopic (exact) mass is 203 g/mol. The topological polar surface area (TPSA) is 69.6 Å². The Hall–Kier alpha value is -0.770. The first-order chi connectivity index (χ1) is 6.18. The fourth-order valence-electron chi connectivity index (χ4n) is 1.73. The summed E-state index contributed by atoms with van der Waals surface area (Å²) in [5, 5.41) is 19.9. The lowest BCUT2D eigenvalue weighted by Gasteiger charge is -2.33. The molecular formula is C10H21NO3. The van der Waals surface area contributed by atoms with Gasteiger partial charge >= 0.3 is 6.09 Å². The molecule has 0 aromatic carbocycles. The van der Waals surface area contributed by atoms with E-state index in [4.69, 9.17) is 10.2 Å². The van der Waals surface area contributed by atoms with Gasteiger partial charge in [-0.1, -0.05) is 27.7 Å². The summed E-state index contributed by atoms with van der Waals surface area (Å²) in [6.45, 7) is 8.43. The number of aliphatic hydroxyl groups is 1. The maximum Gasteiger partial charge on any atom is 0.404 e. The molecule has 0 aromatic rings. The number of carboxylic acid groups (broad SMARTS) is 1. The van der Waals surface area contributed by atoms with E-state index in [-0.39, 0.29) is 17.4 Å². The summed E-state index contributed by atoms with van der Waals surface area (Å²) in [4.78, 5) is 10.3. The van der Waals surface area contributed by atoms with Crippen molar-refractivity contribution in [2.45, 2.75) is 34.1 Å². The highest BCUT2D eigenvalue weighted by molar-refractivity contribution is 5.64. The first-order valence-electron chi connectivity index (χ1n) is 4.76. The van der Waals surface area contributed by atoms with E-state index in [1.807, 2.05) is 27.7 Å². The summed E-state index contributed by atoms with van der Waals surface area (Å²) >= 11 is 0. The molecule has 0 bridgehead atoms. The molecule has 0 aliphatic rings. The largest absolute Gasteiger partial charge is 0.465 e. The number of aliphatic hydroxyl groups excluding tert-OH is 1. The Labute approximate surface area is 85.3 Å². The number of rotatable bonds is 5. The molecule has 3 N–H and O–H groups in total. The molecule has 0 spiro atoms. The van der Waals surface area contributed by atoms with Crippen molar-refractivity contribution in [2.24, 2.45) is 10.8 Å². The van der Waals surface area contributed by atoms with Gasteiger partial charge in [0.05, 0.1) is 0 Å². The zero-order valence-electron chi connectivity index (χ0n) is 9.42. The summed E-state index contributed by atoms with van der Waals surface area (Å²) in [5.74, 6) is 0. The fourth-order valence-corrected chi connectivity index (χ4v) is 1.73. The molecule has 0 fully saturated rings. The van der Waals surface area contributed by atoms with Crippen molar-refractivity contribution in [1.82, 2.24) is 5.32 Å². The van der Waals surface area contributed by atoms with Gasteiger partial charge in [0.15, 0.2) is 0 Å². The van der Waals surface area contributed by atoms with Crippen molar-refractivity contribution in [3.63, 3.8) is 0 Å². The van der Waals surface area contributed by atoms with Gasteiger partial charge in [0.25, 0.3) is 0 Å². The van der Waals surface area contributed by atoms with Crippen LogP contribution in [0.25, 0.3) is 0 Å². The van der Waals surface area contributed by atoms with Crippen LogP contribution >= 0.6 is 0 Å². The van der Waals surface area contributed by atoms with Gasteiger partial charge in [-0.3, -0.25) is 0 Å². The lowest BCUT2D eigenvalue weighted by atomic mass is 9.75. The third-order valence-electron chi connectivity index (χ3n) is 2.10. The highest BCUT2D eigenvalue weighted by atomic mass is 16.4. The minimum absolute atomic E-state index is 0.115. The third kappa shape index (κ3) is 5.80. The van der Waals surface area contributed by atoms with Gasteiger partial charge in [-0.15, -0.1) is 0 Å². The molecule has 0 saturated carbocycles. The summed E-state index contributed by atoms with van der Waals surface area (Å²) in [5.41, 5.74) is -0.297. The van der Waals surface area contributed by atoms with Crippen molar-refractivity contribution < 1.29 is 15.0 Å². The number of carbonyl (C=O) groups is 1. The molecule has 1 amide bonds. The van der Waals surface area contributed by atoms with Crippen molar-refractivity contribution in [2.75, 3.05) is 13.2 Å². The molecule has 4 nitrogen and oxygen atoms in total. The summed E-state index contributed by atoms with van der Waals surface area (Å²) in [6, 6.07) is 0. The van der Waals surface area contributed by atoms with E-state index in [9.17, 15) is 4.79 Å². The maximum atomic E-state index is 10.3. The summed E-state index contributed by atoms with van der Waals surface area (Å²) in [6.07, 6.45) is -0.226. The van der Waals surface area contributed by atoms with E-state index >= 15 is 0 Å². The average molecular weight is 203 g/mol. The lowest BCUT2D eigenvalue weighted by Crippen LogP contribution is -2.36. The van der Waals surface area contributed by atoms with Crippen LogP contribution in [0.15, 0.2) is 0 Å². The van der Waals surface area contributed by atoms with Crippen molar-refractivity contribution in [3.05, 3.63) is 0 Å². The summed E-state index contributed by atoms with van der Waals surface area (Å²) < 4.78 is 0. The first-order valence-corrected chi connectivity index (χ1v) is 4.76. The number of nitrogens with one attached hydrogen (secondary N) is 1. The van der Waals surface area contributed by atoms with E-state index in [1.54, 1.807) is 0 Å². The highest BCUT2D eigenvalue weighted by Gasteiger charge is 2.28. The molecule has 0 unspecified atom stereocenters. The van der Waals surface area contributed by atoms with Crippen LogP contribution < -0.4 is 5.32 Å². The maximum absolute atomic E-state index is 10.3. The standard InChI is InChI=1S/C10H21NO3/c1-9(2,6-11-8(13)14)5-10(3,4)7-12/h11-12H,5-7H2,1-4H3,(H,13,14). The first kappa shape index (κ1) is 13.2. The second kappa shape index (κ2) is 4.64. The quantitative estimate of drug-likeness (QED) is 0.636. The normalized spacial score (nSPS) is 12.6. The van der Waals surface area contributed by atoms with Crippen LogP contribution in [0, 0.1) is 10.8 Å². The SMILES string of the molecule is CC(C)(CO)CC(C)(C)CNC(=O)O. The van der Waals surface area contributed by atoms with Crippen LogP contribution in [-0.4, -0.2) is 29.5 Å². The van der Waals surface area contributed by atoms with E-state index in [1.165, 1.54) is 0 Å². The smallest absolute Gasteiger partial charge is 0.404 e. The van der Waals surface area contributed by atoms with Crippen molar-refractivity contribution >= 4 is 6.09 Å². The van der Waals surface area contributed by atoms with Crippen LogP contribution in [0.5, 0.6) is 0 Å². The van der Waals surface area contributed by atoms with Gasteiger partial charge in [0.2, 0.25) is 0 Å². The Morgan fingerprint density at radius 2 is 1.71 bits per heavy atom. The van der Waals surface area contributed by atoms with E-state index in [0.29, 0.717) is 6.54 Å². The molecule has 14 heavy (non-hydrogen) atoms. The van der Waals surface area contributed by atoms with Gasteiger partial charge < -0.3 is 15.5 Å². The van der Waals surface area contributed by atoms with E-state index < -0.39 is 6.09 Å². The van der Waals surface area contributed by atoms with Gasteiger partial charge in [-0.25, -0.2) is 4.79 Å². The molecule has 0 aliphatic carbocycles. The summed E-state index contributed by atoms with van der Waals surface area (Å²) in [7, 11) is 0. The zero-order valence-corrected chi connectivity index (χ0v) is 9.42. The molecule has 84 valence electrons. The van der Waals surface area contributed by atoms with Crippen LogP contribution in [0.1, 0.15) is 34.1 Å². The minimum Gasteiger partial charge on any atom is -0.465 e. The van der Waals surface area contributed by atoms with E-state index in [0.717, 1.165) is 6.42 Å². The average Bonchev–Trinajstić information content (AvgIpc) is 1.99. The Bertz CT molecular complexity index is 200. The predicted octanol–water partition coefficient (Wildman–Crippen LogP) is 1.69. The van der Waals surface area contributed by atoms with Crippen LogP contribution in [-0.2, 0) is 0 Å². The second-order valence-corrected chi connectivity index (χ2v) is 5.32. The molecule has 0 aromatic heterocycles.